The number of nitrogens with one attached hydrogen (secondary N) is 1. The van der Waals surface area contributed by atoms with E-state index in [0.717, 1.165) is 18.5 Å². The lowest BCUT2D eigenvalue weighted by Crippen LogP contribution is -2.36. The fourth-order valence-electron chi connectivity index (χ4n) is 1.90. The molecular formula is C11H14FN. The summed E-state index contributed by atoms with van der Waals surface area (Å²) in [5.74, 6) is 0.0995. The van der Waals surface area contributed by atoms with Gasteiger partial charge in [0.05, 0.1) is 0 Å². The third-order valence-electron chi connectivity index (χ3n) is 2.64. The summed E-state index contributed by atoms with van der Waals surface area (Å²) >= 11 is 0. The van der Waals surface area contributed by atoms with Crippen molar-refractivity contribution in [2.45, 2.75) is 18.5 Å². The highest BCUT2D eigenvalue weighted by molar-refractivity contribution is 5.21. The van der Waals surface area contributed by atoms with E-state index in [4.69, 9.17) is 0 Å². The lowest BCUT2D eigenvalue weighted by molar-refractivity contribution is 0.231. The zero-order valence-electron chi connectivity index (χ0n) is 7.54. The van der Waals surface area contributed by atoms with Gasteiger partial charge in [-0.1, -0.05) is 30.3 Å². The second-order valence-corrected chi connectivity index (χ2v) is 3.53. The molecule has 1 aliphatic rings. The van der Waals surface area contributed by atoms with Crippen LogP contribution < -0.4 is 5.32 Å². The van der Waals surface area contributed by atoms with Crippen LogP contribution in [-0.4, -0.2) is 19.3 Å². The normalized spacial score (nSPS) is 28.7. The molecule has 1 heterocycles. The summed E-state index contributed by atoms with van der Waals surface area (Å²) in [6.45, 7) is 1.43. The second-order valence-electron chi connectivity index (χ2n) is 3.53. The summed E-state index contributed by atoms with van der Waals surface area (Å²) in [7, 11) is 0. The summed E-state index contributed by atoms with van der Waals surface area (Å²) in [4.78, 5) is 0. The number of hydrogen-bond donors (Lipinski definition) is 1. The molecule has 0 spiro atoms. The minimum atomic E-state index is -0.726. The minimum absolute atomic E-state index is 0.0995. The van der Waals surface area contributed by atoms with Crippen LogP contribution in [-0.2, 0) is 0 Å². The van der Waals surface area contributed by atoms with Crippen LogP contribution in [0.2, 0.25) is 0 Å². The second kappa shape index (κ2) is 3.88. The van der Waals surface area contributed by atoms with E-state index in [2.05, 4.69) is 5.32 Å². The minimum Gasteiger partial charge on any atom is -0.314 e. The SMILES string of the molecule is F[C@H]1CNCC[C@H]1c1ccccc1. The monoisotopic (exact) mass is 179 g/mol. The van der Waals surface area contributed by atoms with Crippen molar-refractivity contribution in [3.05, 3.63) is 35.9 Å². The summed E-state index contributed by atoms with van der Waals surface area (Å²) < 4.78 is 13.5. The Bertz CT molecular complexity index is 260. The molecule has 0 unspecified atom stereocenters. The number of hydrogen-bond acceptors (Lipinski definition) is 1. The molecule has 1 N–H and O–H groups in total. The molecule has 0 aromatic heterocycles. The molecule has 1 aromatic rings. The molecule has 0 radical (unpaired) electrons. The third kappa shape index (κ3) is 1.89. The van der Waals surface area contributed by atoms with Crippen molar-refractivity contribution in [2.75, 3.05) is 13.1 Å². The van der Waals surface area contributed by atoms with Crippen molar-refractivity contribution >= 4 is 0 Å². The number of rotatable bonds is 1. The lowest BCUT2D eigenvalue weighted by Gasteiger charge is -2.26. The molecule has 1 nitrogen and oxygen atoms in total. The first-order valence-corrected chi connectivity index (χ1v) is 4.77. The Morgan fingerprint density at radius 3 is 2.69 bits per heavy atom. The molecule has 2 rings (SSSR count). The van der Waals surface area contributed by atoms with E-state index in [0.29, 0.717) is 6.54 Å². The predicted molar refractivity (Wildman–Crippen MR) is 51.6 cm³/mol. The topological polar surface area (TPSA) is 12.0 Å². The molecule has 1 aromatic carbocycles. The highest BCUT2D eigenvalue weighted by Gasteiger charge is 2.25. The van der Waals surface area contributed by atoms with Gasteiger partial charge >= 0.3 is 0 Å². The molecule has 2 heteroatoms. The fourth-order valence-corrected chi connectivity index (χ4v) is 1.90. The molecular weight excluding hydrogens is 165 g/mol. The van der Waals surface area contributed by atoms with E-state index in [-0.39, 0.29) is 5.92 Å². The zero-order chi connectivity index (χ0) is 9.10. The first-order valence-electron chi connectivity index (χ1n) is 4.77. The van der Waals surface area contributed by atoms with Gasteiger partial charge in [0, 0.05) is 12.5 Å². The van der Waals surface area contributed by atoms with Gasteiger partial charge < -0.3 is 5.32 Å². The van der Waals surface area contributed by atoms with Crippen molar-refractivity contribution in [3.8, 4) is 0 Å². The molecule has 2 atom stereocenters. The molecule has 1 fully saturated rings. The van der Waals surface area contributed by atoms with Crippen molar-refractivity contribution in [1.29, 1.82) is 0 Å². The van der Waals surface area contributed by atoms with E-state index in [1.54, 1.807) is 0 Å². The molecule has 1 saturated heterocycles. The first-order chi connectivity index (χ1) is 6.38. The molecule has 0 saturated carbocycles. The zero-order valence-corrected chi connectivity index (χ0v) is 7.54. The number of halogens is 1. The van der Waals surface area contributed by atoms with Gasteiger partial charge in [0.15, 0.2) is 0 Å². The van der Waals surface area contributed by atoms with Crippen LogP contribution in [0, 0.1) is 0 Å². The van der Waals surface area contributed by atoms with Crippen LogP contribution in [0.1, 0.15) is 17.9 Å². The van der Waals surface area contributed by atoms with E-state index < -0.39 is 6.17 Å². The van der Waals surface area contributed by atoms with Crippen LogP contribution >= 0.6 is 0 Å². The maximum absolute atomic E-state index is 13.5. The van der Waals surface area contributed by atoms with E-state index in [1.807, 2.05) is 30.3 Å². The predicted octanol–water partition coefficient (Wildman–Crippen LogP) is 2.10. The third-order valence-corrected chi connectivity index (χ3v) is 2.64. The number of piperidine rings is 1. The largest absolute Gasteiger partial charge is 0.314 e. The standard InChI is InChI=1S/C11H14FN/c12-11-8-13-7-6-10(11)9-4-2-1-3-5-9/h1-5,10-11,13H,6-8H2/t10-,11-/m0/s1. The molecule has 0 amide bonds. The van der Waals surface area contributed by atoms with Crippen molar-refractivity contribution in [2.24, 2.45) is 0 Å². The van der Waals surface area contributed by atoms with Gasteiger partial charge in [0.2, 0.25) is 0 Å². The van der Waals surface area contributed by atoms with Gasteiger partial charge in [0.1, 0.15) is 6.17 Å². The molecule has 70 valence electrons. The quantitative estimate of drug-likeness (QED) is 0.696. The van der Waals surface area contributed by atoms with Crippen LogP contribution in [0.5, 0.6) is 0 Å². The maximum Gasteiger partial charge on any atom is 0.119 e. The van der Waals surface area contributed by atoms with Crippen molar-refractivity contribution in [3.63, 3.8) is 0 Å². The molecule has 13 heavy (non-hydrogen) atoms. The van der Waals surface area contributed by atoms with Gasteiger partial charge in [0.25, 0.3) is 0 Å². The van der Waals surface area contributed by atoms with Gasteiger partial charge in [-0.05, 0) is 18.5 Å². The average Bonchev–Trinajstić information content (AvgIpc) is 2.20. The van der Waals surface area contributed by atoms with Gasteiger partial charge in [-0.3, -0.25) is 0 Å². The maximum atomic E-state index is 13.5. The van der Waals surface area contributed by atoms with Crippen LogP contribution in [0.15, 0.2) is 30.3 Å². The summed E-state index contributed by atoms with van der Waals surface area (Å²) in [6, 6.07) is 9.96. The van der Waals surface area contributed by atoms with E-state index in [1.165, 1.54) is 0 Å². The fraction of sp³-hybridized carbons (Fsp3) is 0.455. The molecule has 0 aliphatic carbocycles. The Kier molecular flexibility index (Phi) is 2.60. The highest BCUT2D eigenvalue weighted by Crippen LogP contribution is 2.27. The van der Waals surface area contributed by atoms with Crippen LogP contribution in [0.4, 0.5) is 4.39 Å². The Morgan fingerprint density at radius 2 is 2.00 bits per heavy atom. The Hall–Kier alpha value is -0.890. The van der Waals surface area contributed by atoms with Crippen molar-refractivity contribution < 1.29 is 4.39 Å². The van der Waals surface area contributed by atoms with Gasteiger partial charge in [-0.2, -0.15) is 0 Å². The summed E-state index contributed by atoms with van der Waals surface area (Å²) in [5.41, 5.74) is 1.14. The Balaban J connectivity index is 2.15. The summed E-state index contributed by atoms with van der Waals surface area (Å²) in [5, 5.41) is 3.06. The van der Waals surface area contributed by atoms with E-state index >= 15 is 0 Å². The smallest absolute Gasteiger partial charge is 0.119 e. The number of alkyl halides is 1. The van der Waals surface area contributed by atoms with Crippen molar-refractivity contribution in [1.82, 2.24) is 5.32 Å². The average molecular weight is 179 g/mol. The van der Waals surface area contributed by atoms with E-state index in [9.17, 15) is 4.39 Å². The van der Waals surface area contributed by atoms with Crippen LogP contribution in [0.25, 0.3) is 0 Å². The first kappa shape index (κ1) is 8.70. The molecule has 1 aliphatic heterocycles. The molecule has 0 bridgehead atoms. The lowest BCUT2D eigenvalue weighted by atomic mass is 9.89. The van der Waals surface area contributed by atoms with Gasteiger partial charge in [-0.15, -0.1) is 0 Å². The Morgan fingerprint density at radius 1 is 1.23 bits per heavy atom. The Labute approximate surface area is 78.0 Å². The highest BCUT2D eigenvalue weighted by atomic mass is 19.1. The van der Waals surface area contributed by atoms with Gasteiger partial charge in [-0.25, -0.2) is 4.39 Å². The van der Waals surface area contributed by atoms with Crippen LogP contribution in [0.3, 0.4) is 0 Å². The number of benzene rings is 1. The summed E-state index contributed by atoms with van der Waals surface area (Å²) in [6.07, 6.45) is 0.182.